The zero-order valence-corrected chi connectivity index (χ0v) is 15.5. The van der Waals surface area contributed by atoms with E-state index in [1.807, 2.05) is 0 Å². The Morgan fingerprint density at radius 2 is 2.03 bits per heavy atom. The minimum atomic E-state index is -0.482. The van der Waals surface area contributed by atoms with Crippen LogP contribution in [0.25, 0.3) is 0 Å². The van der Waals surface area contributed by atoms with Gasteiger partial charge in [0.2, 0.25) is 0 Å². The normalized spacial score (nSPS) is 10.8. The summed E-state index contributed by atoms with van der Waals surface area (Å²) in [6, 6.07) is 8.56. The van der Waals surface area contributed by atoms with Gasteiger partial charge in [0.25, 0.3) is 11.8 Å². The van der Waals surface area contributed by atoms with Gasteiger partial charge in [-0.3, -0.25) is 19.0 Å². The molecule has 0 saturated carbocycles. The maximum Gasteiger partial charge on any atom is 0.291 e. The lowest BCUT2D eigenvalue weighted by Crippen LogP contribution is -2.25. The van der Waals surface area contributed by atoms with E-state index in [9.17, 15) is 9.59 Å². The molecule has 148 valence electrons. The van der Waals surface area contributed by atoms with Gasteiger partial charge in [0, 0.05) is 25.6 Å². The van der Waals surface area contributed by atoms with Crippen LogP contribution in [-0.4, -0.2) is 31.4 Å². The summed E-state index contributed by atoms with van der Waals surface area (Å²) in [5.74, 6) is 0.403. The molecule has 4 aromatic heterocycles. The van der Waals surface area contributed by atoms with Crippen LogP contribution in [0.5, 0.6) is 0 Å². The molecule has 0 atom stereocenters. The molecule has 2 amide bonds. The van der Waals surface area contributed by atoms with E-state index in [0.717, 1.165) is 0 Å². The van der Waals surface area contributed by atoms with Crippen LogP contribution in [0.2, 0.25) is 0 Å². The van der Waals surface area contributed by atoms with E-state index < -0.39 is 11.8 Å². The van der Waals surface area contributed by atoms with Gasteiger partial charge in [-0.25, -0.2) is 0 Å². The number of hydrogen-bond acceptors (Lipinski definition) is 6. The highest BCUT2D eigenvalue weighted by Crippen LogP contribution is 2.17. The zero-order chi connectivity index (χ0) is 20.2. The molecule has 4 rings (SSSR count). The predicted molar refractivity (Wildman–Crippen MR) is 101 cm³/mol. The van der Waals surface area contributed by atoms with E-state index in [4.69, 9.17) is 8.83 Å². The molecule has 0 unspecified atom stereocenters. The molecule has 0 aliphatic heterocycles. The second-order valence-corrected chi connectivity index (χ2v) is 6.25. The lowest BCUT2D eigenvalue weighted by Gasteiger charge is -2.05. The third-order valence-corrected chi connectivity index (χ3v) is 4.06. The summed E-state index contributed by atoms with van der Waals surface area (Å²) in [5.41, 5.74) is 0.371. The number of furan rings is 2. The van der Waals surface area contributed by atoms with Gasteiger partial charge in [-0.15, -0.1) is 0 Å². The largest absolute Gasteiger partial charge is 0.467 e. The van der Waals surface area contributed by atoms with Gasteiger partial charge in [-0.1, -0.05) is 0 Å². The molecular formula is C19H18N6O4. The molecule has 0 fully saturated rings. The third kappa shape index (κ3) is 4.26. The first kappa shape index (κ1) is 18.3. The van der Waals surface area contributed by atoms with Gasteiger partial charge in [-0.05, 0) is 30.3 Å². The molecule has 0 aliphatic carbocycles. The fourth-order valence-electron chi connectivity index (χ4n) is 2.73. The fourth-order valence-corrected chi connectivity index (χ4v) is 2.73. The van der Waals surface area contributed by atoms with Crippen LogP contribution >= 0.6 is 0 Å². The van der Waals surface area contributed by atoms with Crippen LogP contribution in [-0.2, 0) is 20.1 Å². The minimum absolute atomic E-state index is 0.0933. The number of carbonyl (C=O) groups is 2. The molecule has 0 aliphatic rings. The van der Waals surface area contributed by atoms with E-state index in [0.29, 0.717) is 18.1 Å². The molecule has 4 heterocycles. The number of rotatable bonds is 7. The first-order valence-electron chi connectivity index (χ1n) is 8.80. The van der Waals surface area contributed by atoms with Gasteiger partial charge in [0.05, 0.1) is 25.0 Å². The highest BCUT2D eigenvalue weighted by molar-refractivity contribution is 6.07. The first-order valence-corrected chi connectivity index (χ1v) is 8.80. The number of nitrogens with zero attached hydrogens (tertiary/aromatic N) is 4. The molecule has 10 heteroatoms. The quantitative estimate of drug-likeness (QED) is 0.495. The third-order valence-electron chi connectivity index (χ3n) is 4.06. The molecule has 0 spiro atoms. The van der Waals surface area contributed by atoms with Crippen molar-refractivity contribution in [2.75, 3.05) is 5.32 Å². The summed E-state index contributed by atoms with van der Waals surface area (Å²) in [6.45, 7) is 0.623. The second-order valence-electron chi connectivity index (χ2n) is 6.25. The van der Waals surface area contributed by atoms with Crippen LogP contribution in [0.1, 0.15) is 32.6 Å². The van der Waals surface area contributed by atoms with E-state index in [2.05, 4.69) is 20.8 Å². The Morgan fingerprint density at radius 3 is 2.79 bits per heavy atom. The van der Waals surface area contributed by atoms with Gasteiger partial charge in [0.1, 0.15) is 11.5 Å². The Hall–Kier alpha value is -4.08. The number of aromatic nitrogens is 4. The summed E-state index contributed by atoms with van der Waals surface area (Å²) in [4.78, 5) is 25.0. The Kier molecular flexibility index (Phi) is 4.97. The van der Waals surface area contributed by atoms with Crippen molar-refractivity contribution in [1.29, 1.82) is 0 Å². The molecular weight excluding hydrogens is 376 g/mol. The number of anilines is 1. The number of aryl methyl sites for hydroxylation is 1. The molecule has 2 N–H and O–H groups in total. The molecule has 0 bridgehead atoms. The molecule has 0 aromatic carbocycles. The predicted octanol–water partition coefficient (Wildman–Crippen LogP) is 2.03. The van der Waals surface area contributed by atoms with Gasteiger partial charge in [0.15, 0.2) is 11.5 Å². The highest BCUT2D eigenvalue weighted by atomic mass is 16.4. The summed E-state index contributed by atoms with van der Waals surface area (Å²) >= 11 is 0. The van der Waals surface area contributed by atoms with E-state index in [1.54, 1.807) is 60.7 Å². The summed E-state index contributed by atoms with van der Waals surface area (Å²) < 4.78 is 13.9. The Morgan fingerprint density at radius 1 is 1.14 bits per heavy atom. The maximum atomic E-state index is 12.5. The number of hydrogen-bond donors (Lipinski definition) is 2. The Balaban J connectivity index is 1.43. The van der Waals surface area contributed by atoms with E-state index >= 15 is 0 Å². The smallest absolute Gasteiger partial charge is 0.291 e. The van der Waals surface area contributed by atoms with Gasteiger partial charge < -0.3 is 19.5 Å². The molecule has 4 aromatic rings. The van der Waals surface area contributed by atoms with Crippen molar-refractivity contribution in [3.63, 3.8) is 0 Å². The monoisotopic (exact) mass is 394 g/mol. The van der Waals surface area contributed by atoms with Crippen LogP contribution in [0.4, 0.5) is 5.69 Å². The lowest BCUT2D eigenvalue weighted by molar-refractivity contribution is 0.0943. The van der Waals surface area contributed by atoms with Gasteiger partial charge >= 0.3 is 0 Å². The lowest BCUT2D eigenvalue weighted by atomic mass is 10.3. The fraction of sp³-hybridized carbons (Fsp3) is 0.158. The van der Waals surface area contributed by atoms with Crippen molar-refractivity contribution >= 4 is 17.5 Å². The average Bonchev–Trinajstić information content (AvgIpc) is 3.49. The highest BCUT2D eigenvalue weighted by Gasteiger charge is 2.20. The SMILES string of the molecule is Cn1cc(NC(=O)c2ccc(Cn3cccn3)o2)c(C(=O)NCc2ccco2)n1. The van der Waals surface area contributed by atoms with Crippen molar-refractivity contribution in [3.05, 3.63) is 78.2 Å². The molecule has 10 nitrogen and oxygen atoms in total. The molecule has 0 radical (unpaired) electrons. The maximum absolute atomic E-state index is 12.5. The van der Waals surface area contributed by atoms with E-state index in [1.165, 1.54) is 10.9 Å². The second kappa shape index (κ2) is 7.89. The van der Waals surface area contributed by atoms with Crippen LogP contribution in [0.15, 0.2) is 64.0 Å². The Labute approximate surface area is 165 Å². The van der Waals surface area contributed by atoms with Crippen molar-refractivity contribution in [2.24, 2.45) is 7.05 Å². The topological polar surface area (TPSA) is 120 Å². The number of amides is 2. The van der Waals surface area contributed by atoms with E-state index in [-0.39, 0.29) is 23.7 Å². The van der Waals surface area contributed by atoms with Crippen LogP contribution in [0, 0.1) is 0 Å². The van der Waals surface area contributed by atoms with Crippen LogP contribution < -0.4 is 10.6 Å². The molecule has 29 heavy (non-hydrogen) atoms. The minimum Gasteiger partial charge on any atom is -0.467 e. The number of carbonyl (C=O) groups excluding carboxylic acids is 2. The zero-order valence-electron chi connectivity index (χ0n) is 15.5. The van der Waals surface area contributed by atoms with Crippen molar-refractivity contribution < 1.29 is 18.4 Å². The molecule has 0 saturated heterocycles. The van der Waals surface area contributed by atoms with Crippen LogP contribution in [0.3, 0.4) is 0 Å². The summed E-state index contributed by atoms with van der Waals surface area (Å²) in [7, 11) is 1.66. The average molecular weight is 394 g/mol. The van der Waals surface area contributed by atoms with Crippen molar-refractivity contribution in [2.45, 2.75) is 13.1 Å². The number of nitrogens with one attached hydrogen (secondary N) is 2. The van der Waals surface area contributed by atoms with Crippen molar-refractivity contribution in [1.82, 2.24) is 24.9 Å². The summed E-state index contributed by atoms with van der Waals surface area (Å²) in [6.07, 6.45) is 6.54. The standard InChI is InChI=1S/C19H18N6O4/c1-24-12-15(17(23-24)19(27)20-10-13-4-2-9-28-13)22-18(26)16-6-5-14(29-16)11-25-8-3-7-21-25/h2-9,12H,10-11H2,1H3,(H,20,27)(H,22,26). The van der Waals surface area contributed by atoms with Gasteiger partial charge in [-0.2, -0.15) is 10.2 Å². The van der Waals surface area contributed by atoms with Crippen molar-refractivity contribution in [3.8, 4) is 0 Å². The first-order chi connectivity index (χ1) is 14.1. The summed E-state index contributed by atoms with van der Waals surface area (Å²) in [5, 5.41) is 13.6. The Bertz CT molecular complexity index is 1110.